The van der Waals surface area contributed by atoms with Crippen LogP contribution in [-0.2, 0) is 13.0 Å². The van der Waals surface area contributed by atoms with Crippen LogP contribution in [0.3, 0.4) is 0 Å². The molecule has 0 N–H and O–H groups in total. The van der Waals surface area contributed by atoms with Crippen LogP contribution in [0.25, 0.3) is 0 Å². The van der Waals surface area contributed by atoms with Crippen LogP contribution in [0.1, 0.15) is 40.9 Å². The first-order chi connectivity index (χ1) is 16.1. The van der Waals surface area contributed by atoms with E-state index in [2.05, 4.69) is 9.88 Å². The van der Waals surface area contributed by atoms with Crippen LogP contribution in [0.4, 0.5) is 14.7 Å². The van der Waals surface area contributed by atoms with Crippen LogP contribution < -0.4 is 9.64 Å². The third kappa shape index (κ3) is 4.51. The fourth-order valence-corrected chi connectivity index (χ4v) is 4.29. The number of piperidine rings is 1. The summed E-state index contributed by atoms with van der Waals surface area (Å²) in [6.07, 6.45) is 3.83. The third-order valence-electron chi connectivity index (χ3n) is 6.06. The van der Waals surface area contributed by atoms with Crippen LogP contribution in [0.2, 0.25) is 0 Å². The van der Waals surface area contributed by atoms with E-state index in [1.807, 2.05) is 18.2 Å². The number of nitrogens with zero attached hydrogens (tertiary/aromatic N) is 4. The minimum Gasteiger partial charge on any atom is -0.435 e. The van der Waals surface area contributed by atoms with E-state index in [4.69, 9.17) is 9.72 Å². The Morgan fingerprint density at radius 3 is 2.48 bits per heavy atom. The number of rotatable bonds is 4. The van der Waals surface area contributed by atoms with E-state index in [-0.39, 0.29) is 24.1 Å². The Kier molecular flexibility index (Phi) is 5.90. The Balaban J connectivity index is 1.50. The Morgan fingerprint density at radius 2 is 1.73 bits per heavy atom. The second-order valence-electron chi connectivity index (χ2n) is 8.32. The Morgan fingerprint density at radius 1 is 0.939 bits per heavy atom. The predicted molar refractivity (Wildman–Crippen MR) is 119 cm³/mol. The molecular formula is C25H24F2N4O2. The van der Waals surface area contributed by atoms with Crippen LogP contribution in [0.15, 0.2) is 48.5 Å². The molecule has 1 aromatic heterocycles. The summed E-state index contributed by atoms with van der Waals surface area (Å²) >= 11 is 0. The number of anilines is 1. The first-order valence-corrected chi connectivity index (χ1v) is 11.2. The number of amides is 1. The summed E-state index contributed by atoms with van der Waals surface area (Å²) in [4.78, 5) is 26.3. The highest BCUT2D eigenvalue weighted by Gasteiger charge is 2.29. The number of aromatic nitrogens is 2. The smallest absolute Gasteiger partial charge is 0.254 e. The van der Waals surface area contributed by atoms with Crippen LogP contribution in [0.5, 0.6) is 11.6 Å². The quantitative estimate of drug-likeness (QED) is 0.575. The maximum Gasteiger partial charge on any atom is 0.254 e. The SMILES string of the molecule is O=C(c1ccccc1)N1CCc2nc(N3CCCCC3)nc(Oc3ccc(F)cc3F)c2C1. The molecule has 8 heteroatoms. The number of hydrogen-bond donors (Lipinski definition) is 0. The van der Waals surface area contributed by atoms with Crippen molar-refractivity contribution in [3.8, 4) is 11.6 Å². The van der Waals surface area contributed by atoms with E-state index in [0.29, 0.717) is 30.0 Å². The van der Waals surface area contributed by atoms with Gasteiger partial charge in [0.05, 0.1) is 17.8 Å². The zero-order valence-electron chi connectivity index (χ0n) is 18.1. The number of ether oxygens (including phenoxy) is 1. The largest absolute Gasteiger partial charge is 0.435 e. The Hall–Kier alpha value is -3.55. The molecule has 1 saturated heterocycles. The van der Waals surface area contributed by atoms with Crippen molar-refractivity contribution in [3.63, 3.8) is 0 Å². The zero-order chi connectivity index (χ0) is 22.8. The topological polar surface area (TPSA) is 58.6 Å². The molecule has 0 saturated carbocycles. The van der Waals surface area contributed by atoms with E-state index in [1.165, 1.54) is 12.5 Å². The molecule has 5 rings (SSSR count). The summed E-state index contributed by atoms with van der Waals surface area (Å²) in [5, 5.41) is 0. The summed E-state index contributed by atoms with van der Waals surface area (Å²) in [6.45, 7) is 2.46. The summed E-state index contributed by atoms with van der Waals surface area (Å²) in [5.41, 5.74) is 2.04. The third-order valence-corrected chi connectivity index (χ3v) is 6.06. The maximum absolute atomic E-state index is 14.4. The van der Waals surface area contributed by atoms with Crippen molar-refractivity contribution >= 4 is 11.9 Å². The number of carbonyl (C=O) groups is 1. The van der Waals surface area contributed by atoms with Crippen LogP contribution >= 0.6 is 0 Å². The Bertz CT molecular complexity index is 1170. The van der Waals surface area contributed by atoms with Crippen molar-refractivity contribution < 1.29 is 18.3 Å². The number of hydrogen-bond acceptors (Lipinski definition) is 5. The molecule has 1 amide bonds. The van der Waals surface area contributed by atoms with Crippen molar-refractivity contribution in [1.29, 1.82) is 0 Å². The molecule has 33 heavy (non-hydrogen) atoms. The van der Waals surface area contributed by atoms with E-state index in [0.717, 1.165) is 43.8 Å². The molecule has 1 fully saturated rings. The van der Waals surface area contributed by atoms with Gasteiger partial charge in [-0.3, -0.25) is 4.79 Å². The fourth-order valence-electron chi connectivity index (χ4n) is 4.29. The van der Waals surface area contributed by atoms with Crippen molar-refractivity contribution in [1.82, 2.24) is 14.9 Å². The lowest BCUT2D eigenvalue weighted by Gasteiger charge is -2.32. The molecule has 3 heterocycles. The van der Waals surface area contributed by atoms with Gasteiger partial charge in [0, 0.05) is 37.7 Å². The van der Waals surface area contributed by atoms with Crippen LogP contribution in [-0.4, -0.2) is 40.4 Å². The molecule has 6 nitrogen and oxygen atoms in total. The molecule has 170 valence electrons. The van der Waals surface area contributed by atoms with Crippen molar-refractivity contribution in [2.24, 2.45) is 0 Å². The maximum atomic E-state index is 14.4. The second-order valence-corrected chi connectivity index (χ2v) is 8.32. The molecule has 0 aliphatic carbocycles. The zero-order valence-corrected chi connectivity index (χ0v) is 18.1. The number of halogens is 2. The number of carbonyl (C=O) groups excluding carboxylic acids is 1. The van der Waals surface area contributed by atoms with E-state index >= 15 is 0 Å². The van der Waals surface area contributed by atoms with Gasteiger partial charge in [-0.2, -0.15) is 4.98 Å². The first-order valence-electron chi connectivity index (χ1n) is 11.2. The van der Waals surface area contributed by atoms with Crippen molar-refractivity contribution in [3.05, 3.63) is 77.0 Å². The highest BCUT2D eigenvalue weighted by molar-refractivity contribution is 5.94. The normalized spacial score (nSPS) is 15.8. The van der Waals surface area contributed by atoms with Gasteiger partial charge in [0.1, 0.15) is 5.82 Å². The number of benzene rings is 2. The molecule has 0 atom stereocenters. The van der Waals surface area contributed by atoms with Gasteiger partial charge in [0.25, 0.3) is 5.91 Å². The lowest BCUT2D eigenvalue weighted by molar-refractivity contribution is 0.0732. The van der Waals surface area contributed by atoms with Gasteiger partial charge in [0.15, 0.2) is 11.6 Å². The van der Waals surface area contributed by atoms with Gasteiger partial charge in [0.2, 0.25) is 11.8 Å². The van der Waals surface area contributed by atoms with Gasteiger partial charge in [-0.1, -0.05) is 18.2 Å². The molecule has 2 aliphatic rings. The average molecular weight is 450 g/mol. The monoisotopic (exact) mass is 450 g/mol. The van der Waals surface area contributed by atoms with Crippen LogP contribution in [0, 0.1) is 11.6 Å². The fraction of sp³-hybridized carbons (Fsp3) is 0.320. The molecule has 2 aromatic carbocycles. The highest BCUT2D eigenvalue weighted by atomic mass is 19.1. The standard InChI is InChI=1S/C25H24F2N4O2/c26-18-9-10-22(20(27)15-18)33-23-19-16-31(24(32)17-7-3-1-4-8-17)14-11-21(19)28-25(29-23)30-12-5-2-6-13-30/h1,3-4,7-10,15H,2,5-6,11-14,16H2. The minimum absolute atomic E-state index is 0.0970. The summed E-state index contributed by atoms with van der Waals surface area (Å²) in [6, 6.07) is 12.2. The molecule has 0 radical (unpaired) electrons. The summed E-state index contributed by atoms with van der Waals surface area (Å²) in [5.74, 6) is -0.952. The van der Waals surface area contributed by atoms with Gasteiger partial charge in [-0.25, -0.2) is 13.8 Å². The summed E-state index contributed by atoms with van der Waals surface area (Å²) in [7, 11) is 0. The molecule has 2 aliphatic heterocycles. The van der Waals surface area contributed by atoms with Crippen molar-refractivity contribution in [2.75, 3.05) is 24.5 Å². The number of fused-ring (bicyclic) bond motifs is 1. The van der Waals surface area contributed by atoms with Gasteiger partial charge in [-0.15, -0.1) is 0 Å². The lowest BCUT2D eigenvalue weighted by Crippen LogP contribution is -2.37. The summed E-state index contributed by atoms with van der Waals surface area (Å²) < 4.78 is 33.6. The van der Waals surface area contributed by atoms with E-state index in [1.54, 1.807) is 17.0 Å². The van der Waals surface area contributed by atoms with Gasteiger partial charge >= 0.3 is 0 Å². The van der Waals surface area contributed by atoms with E-state index < -0.39 is 11.6 Å². The molecule has 3 aromatic rings. The average Bonchev–Trinajstić information content (AvgIpc) is 2.86. The molecular weight excluding hydrogens is 426 g/mol. The van der Waals surface area contributed by atoms with E-state index in [9.17, 15) is 13.6 Å². The molecule has 0 spiro atoms. The van der Waals surface area contributed by atoms with Gasteiger partial charge < -0.3 is 14.5 Å². The molecule has 0 bridgehead atoms. The highest BCUT2D eigenvalue weighted by Crippen LogP contribution is 2.33. The lowest BCUT2D eigenvalue weighted by atomic mass is 10.0. The minimum atomic E-state index is -0.810. The Labute approximate surface area is 190 Å². The predicted octanol–water partition coefficient (Wildman–Crippen LogP) is 4.74. The van der Waals surface area contributed by atoms with Crippen molar-refractivity contribution in [2.45, 2.75) is 32.2 Å². The molecule has 0 unspecified atom stereocenters. The van der Waals surface area contributed by atoms with Gasteiger partial charge in [-0.05, 0) is 43.5 Å². The second kappa shape index (κ2) is 9.13. The first kappa shape index (κ1) is 21.3.